The van der Waals surface area contributed by atoms with Gasteiger partial charge in [-0.05, 0) is 30.5 Å². The van der Waals surface area contributed by atoms with Gasteiger partial charge < -0.3 is 0 Å². The van der Waals surface area contributed by atoms with E-state index in [9.17, 15) is 0 Å². The molecule has 2 aromatic heterocycles. The highest BCUT2D eigenvalue weighted by molar-refractivity contribution is 5.46. The molecular formula is C15H11N3. The van der Waals surface area contributed by atoms with E-state index in [2.05, 4.69) is 34.9 Å². The topological polar surface area (TPSA) is 30.2 Å². The number of nitrogens with zero attached hydrogens (tertiary/aromatic N) is 3. The molecule has 0 N–H and O–H groups in total. The number of benzene rings is 1. The molecule has 3 nitrogen and oxygen atoms in total. The van der Waals surface area contributed by atoms with Gasteiger partial charge in [0.1, 0.15) is 5.69 Å². The highest BCUT2D eigenvalue weighted by atomic mass is 15.2. The predicted octanol–water partition coefficient (Wildman–Crippen LogP) is 2.44. The first kappa shape index (κ1) is 10.5. The minimum absolute atomic E-state index is 0.756. The summed E-state index contributed by atoms with van der Waals surface area (Å²) in [6, 6.07) is 11.8. The molecular weight excluding hydrogens is 222 g/mol. The quantitative estimate of drug-likeness (QED) is 0.558. The number of hydrogen-bond donors (Lipinski definition) is 0. The molecule has 0 aliphatic heterocycles. The van der Waals surface area contributed by atoms with Gasteiger partial charge in [0, 0.05) is 17.8 Å². The standard InChI is InChI=1S/C15H11N3/c1-12-4-2-3-5-13(12)6-7-14-9-11-18-15(17-14)8-10-16-18/h2-5,8-11H,1H3. The lowest BCUT2D eigenvalue weighted by atomic mass is 10.1. The third-order valence-corrected chi connectivity index (χ3v) is 2.73. The first-order chi connectivity index (χ1) is 8.83. The maximum Gasteiger partial charge on any atom is 0.156 e. The van der Waals surface area contributed by atoms with Gasteiger partial charge in [-0.1, -0.05) is 24.1 Å². The fourth-order valence-corrected chi connectivity index (χ4v) is 1.73. The normalized spacial score (nSPS) is 10.1. The molecule has 0 spiro atoms. The number of aryl methyl sites for hydroxylation is 1. The Hall–Kier alpha value is -2.60. The summed E-state index contributed by atoms with van der Waals surface area (Å²) in [6.45, 7) is 2.05. The van der Waals surface area contributed by atoms with Crippen LogP contribution in [0.25, 0.3) is 5.65 Å². The molecule has 3 rings (SSSR count). The summed E-state index contributed by atoms with van der Waals surface area (Å²) < 4.78 is 1.72. The summed E-state index contributed by atoms with van der Waals surface area (Å²) in [6.07, 6.45) is 3.59. The summed E-state index contributed by atoms with van der Waals surface area (Å²) in [5.74, 6) is 6.23. The zero-order valence-corrected chi connectivity index (χ0v) is 9.96. The Balaban J connectivity index is 2.00. The Morgan fingerprint density at radius 1 is 1.06 bits per heavy atom. The van der Waals surface area contributed by atoms with E-state index in [0.717, 1.165) is 16.9 Å². The highest BCUT2D eigenvalue weighted by Gasteiger charge is 1.96. The van der Waals surface area contributed by atoms with E-state index < -0.39 is 0 Å². The lowest BCUT2D eigenvalue weighted by molar-refractivity contribution is 0.936. The second-order valence-electron chi connectivity index (χ2n) is 4.01. The van der Waals surface area contributed by atoms with Gasteiger partial charge in [-0.15, -0.1) is 0 Å². The fraction of sp³-hybridized carbons (Fsp3) is 0.0667. The van der Waals surface area contributed by atoms with Crippen LogP contribution in [0.15, 0.2) is 48.8 Å². The van der Waals surface area contributed by atoms with Crippen LogP contribution in [-0.2, 0) is 0 Å². The Morgan fingerprint density at radius 2 is 1.94 bits per heavy atom. The highest BCUT2D eigenvalue weighted by Crippen LogP contribution is 2.05. The van der Waals surface area contributed by atoms with Crippen molar-refractivity contribution in [1.82, 2.24) is 14.6 Å². The summed E-state index contributed by atoms with van der Waals surface area (Å²) >= 11 is 0. The van der Waals surface area contributed by atoms with Crippen LogP contribution in [0.4, 0.5) is 0 Å². The smallest absolute Gasteiger partial charge is 0.156 e. The lowest BCUT2D eigenvalue weighted by Crippen LogP contribution is -1.91. The van der Waals surface area contributed by atoms with Gasteiger partial charge in [-0.25, -0.2) is 9.50 Å². The first-order valence-corrected chi connectivity index (χ1v) is 5.71. The second kappa shape index (κ2) is 4.34. The molecule has 3 heteroatoms. The van der Waals surface area contributed by atoms with Crippen molar-refractivity contribution in [2.45, 2.75) is 6.92 Å². The molecule has 0 aliphatic carbocycles. The molecule has 0 unspecified atom stereocenters. The first-order valence-electron chi connectivity index (χ1n) is 5.71. The Labute approximate surface area is 105 Å². The molecule has 18 heavy (non-hydrogen) atoms. The van der Waals surface area contributed by atoms with E-state index >= 15 is 0 Å². The molecule has 0 amide bonds. The number of fused-ring (bicyclic) bond motifs is 1. The van der Waals surface area contributed by atoms with Crippen LogP contribution >= 0.6 is 0 Å². The van der Waals surface area contributed by atoms with E-state index in [0.29, 0.717) is 0 Å². The largest absolute Gasteiger partial charge is 0.223 e. The van der Waals surface area contributed by atoms with Crippen molar-refractivity contribution < 1.29 is 0 Å². The van der Waals surface area contributed by atoms with E-state index in [4.69, 9.17) is 0 Å². The van der Waals surface area contributed by atoms with Crippen molar-refractivity contribution >= 4 is 5.65 Å². The van der Waals surface area contributed by atoms with Crippen LogP contribution in [0.3, 0.4) is 0 Å². The van der Waals surface area contributed by atoms with Crippen LogP contribution in [0.2, 0.25) is 0 Å². The zero-order valence-electron chi connectivity index (χ0n) is 9.96. The van der Waals surface area contributed by atoms with Crippen LogP contribution in [-0.4, -0.2) is 14.6 Å². The van der Waals surface area contributed by atoms with Crippen molar-refractivity contribution in [3.8, 4) is 11.8 Å². The fourth-order valence-electron chi connectivity index (χ4n) is 1.73. The van der Waals surface area contributed by atoms with E-state index in [1.54, 1.807) is 10.7 Å². The molecule has 3 aromatic rings. The van der Waals surface area contributed by atoms with Crippen molar-refractivity contribution in [1.29, 1.82) is 0 Å². The van der Waals surface area contributed by atoms with Gasteiger partial charge in [0.15, 0.2) is 5.65 Å². The van der Waals surface area contributed by atoms with Gasteiger partial charge >= 0.3 is 0 Å². The van der Waals surface area contributed by atoms with Crippen LogP contribution in [0.5, 0.6) is 0 Å². The molecule has 0 bridgehead atoms. The van der Waals surface area contributed by atoms with Gasteiger partial charge in [0.05, 0.1) is 6.20 Å². The van der Waals surface area contributed by atoms with Crippen molar-refractivity contribution in [2.75, 3.05) is 0 Å². The summed E-state index contributed by atoms with van der Waals surface area (Å²) in [4.78, 5) is 4.41. The van der Waals surface area contributed by atoms with Crippen LogP contribution in [0, 0.1) is 18.8 Å². The Bertz CT molecular complexity index is 760. The molecule has 0 saturated carbocycles. The average Bonchev–Trinajstić information content (AvgIpc) is 2.85. The van der Waals surface area contributed by atoms with Crippen LogP contribution < -0.4 is 0 Å². The van der Waals surface area contributed by atoms with Gasteiger partial charge in [0.2, 0.25) is 0 Å². The summed E-state index contributed by atoms with van der Waals surface area (Å²) in [5.41, 5.74) is 3.78. The molecule has 2 heterocycles. The molecule has 86 valence electrons. The molecule has 1 aromatic carbocycles. The van der Waals surface area contributed by atoms with E-state index in [-0.39, 0.29) is 0 Å². The molecule has 0 radical (unpaired) electrons. The van der Waals surface area contributed by atoms with Crippen molar-refractivity contribution in [3.63, 3.8) is 0 Å². The van der Waals surface area contributed by atoms with Crippen LogP contribution in [0.1, 0.15) is 16.8 Å². The SMILES string of the molecule is Cc1ccccc1C#Cc1ccn2nccc2n1. The monoisotopic (exact) mass is 233 g/mol. The van der Waals surface area contributed by atoms with E-state index in [1.165, 1.54) is 5.56 Å². The summed E-state index contributed by atoms with van der Waals surface area (Å²) in [7, 11) is 0. The predicted molar refractivity (Wildman–Crippen MR) is 70.1 cm³/mol. The van der Waals surface area contributed by atoms with Crippen molar-refractivity contribution in [3.05, 3.63) is 65.6 Å². The van der Waals surface area contributed by atoms with E-state index in [1.807, 2.05) is 36.5 Å². The second-order valence-corrected chi connectivity index (χ2v) is 4.01. The molecule has 0 atom stereocenters. The Morgan fingerprint density at radius 3 is 2.83 bits per heavy atom. The third-order valence-electron chi connectivity index (χ3n) is 2.73. The minimum Gasteiger partial charge on any atom is -0.223 e. The molecule has 0 aliphatic rings. The maximum absolute atomic E-state index is 4.41. The lowest BCUT2D eigenvalue weighted by Gasteiger charge is -1.95. The Kier molecular flexibility index (Phi) is 2.54. The average molecular weight is 233 g/mol. The zero-order chi connectivity index (χ0) is 12.4. The minimum atomic E-state index is 0.756. The van der Waals surface area contributed by atoms with Crippen molar-refractivity contribution in [2.24, 2.45) is 0 Å². The summed E-state index contributed by atoms with van der Waals surface area (Å²) in [5, 5.41) is 4.10. The van der Waals surface area contributed by atoms with Gasteiger partial charge in [-0.2, -0.15) is 5.10 Å². The number of hydrogen-bond acceptors (Lipinski definition) is 2. The van der Waals surface area contributed by atoms with Gasteiger partial charge in [-0.3, -0.25) is 0 Å². The number of aromatic nitrogens is 3. The molecule has 0 fully saturated rings. The maximum atomic E-state index is 4.41. The van der Waals surface area contributed by atoms with Gasteiger partial charge in [0.25, 0.3) is 0 Å². The third kappa shape index (κ3) is 1.96. The molecule has 0 saturated heterocycles. The number of rotatable bonds is 0.